The number of rotatable bonds is 3. The molecule has 1 aromatic carbocycles. The Hall–Kier alpha value is -1.55. The lowest BCUT2D eigenvalue weighted by molar-refractivity contribution is 0.177. The van der Waals surface area contributed by atoms with Gasteiger partial charge in [-0.2, -0.15) is 0 Å². The highest BCUT2D eigenvalue weighted by atomic mass is 16.5. The summed E-state index contributed by atoms with van der Waals surface area (Å²) in [5.41, 5.74) is 3.89. The zero-order valence-corrected chi connectivity index (χ0v) is 13.7. The Labute approximate surface area is 132 Å². The Bertz CT molecular complexity index is 552. The van der Waals surface area contributed by atoms with Gasteiger partial charge in [0.25, 0.3) is 0 Å². The Kier molecular flexibility index (Phi) is 4.39. The third-order valence-corrected chi connectivity index (χ3v) is 5.06. The minimum absolute atomic E-state index is 0.0643. The second-order valence-electron chi connectivity index (χ2n) is 6.89. The number of ether oxygens (including phenoxy) is 1. The van der Waals surface area contributed by atoms with Gasteiger partial charge in [0, 0.05) is 18.6 Å². The first-order valence-electron chi connectivity index (χ1n) is 8.29. The van der Waals surface area contributed by atoms with E-state index >= 15 is 0 Å². The quantitative estimate of drug-likeness (QED) is 0.902. The van der Waals surface area contributed by atoms with Crippen molar-refractivity contribution in [3.05, 3.63) is 34.9 Å². The van der Waals surface area contributed by atoms with Gasteiger partial charge in [-0.1, -0.05) is 30.7 Å². The third kappa shape index (κ3) is 3.12. The molecule has 120 valence electrons. The van der Waals surface area contributed by atoms with Gasteiger partial charge in [-0.25, -0.2) is 4.79 Å². The molecular weight excluding hydrogens is 276 g/mol. The number of carbonyl (C=O) groups excluding carboxylic acids is 1. The zero-order chi connectivity index (χ0) is 15.7. The average Bonchev–Trinajstić information content (AvgIpc) is 3.09. The molecule has 4 heteroatoms. The lowest BCUT2D eigenvalue weighted by Crippen LogP contribution is -2.45. The Balaban J connectivity index is 1.63. The normalized spacial score (nSPS) is 28.2. The molecule has 1 fully saturated rings. The van der Waals surface area contributed by atoms with Crippen molar-refractivity contribution in [1.29, 1.82) is 0 Å². The van der Waals surface area contributed by atoms with Crippen molar-refractivity contribution in [3.8, 4) is 0 Å². The van der Waals surface area contributed by atoms with Crippen LogP contribution in [0.3, 0.4) is 0 Å². The molecule has 2 aliphatic rings. The molecule has 0 saturated carbocycles. The van der Waals surface area contributed by atoms with Gasteiger partial charge in [0.1, 0.15) is 0 Å². The molecule has 1 saturated heterocycles. The standard InChI is InChI=1S/C18H26N2O2/c1-11-4-5-14-9-12(2)17(16(14)8-11)20-18(21)19-13(3)15-6-7-22-10-15/h4-5,8,12-13,15,17H,6-7,9-10H2,1-3H3,(H2,19,20,21)/t12-,13+,15-,17+/m0/s1. The molecule has 1 heterocycles. The zero-order valence-electron chi connectivity index (χ0n) is 13.7. The summed E-state index contributed by atoms with van der Waals surface area (Å²) in [6.07, 6.45) is 2.07. The van der Waals surface area contributed by atoms with Crippen LogP contribution in [0.25, 0.3) is 0 Å². The van der Waals surface area contributed by atoms with Crippen LogP contribution in [-0.4, -0.2) is 25.3 Å². The van der Waals surface area contributed by atoms with Crippen LogP contribution >= 0.6 is 0 Å². The van der Waals surface area contributed by atoms with E-state index < -0.39 is 0 Å². The van der Waals surface area contributed by atoms with Crippen molar-refractivity contribution < 1.29 is 9.53 Å². The van der Waals surface area contributed by atoms with Crippen LogP contribution in [0, 0.1) is 18.8 Å². The van der Waals surface area contributed by atoms with Gasteiger partial charge < -0.3 is 15.4 Å². The van der Waals surface area contributed by atoms with E-state index in [0.29, 0.717) is 11.8 Å². The van der Waals surface area contributed by atoms with E-state index in [-0.39, 0.29) is 18.1 Å². The molecule has 3 rings (SSSR count). The van der Waals surface area contributed by atoms with Crippen LogP contribution in [0.2, 0.25) is 0 Å². The predicted molar refractivity (Wildman–Crippen MR) is 86.8 cm³/mol. The maximum absolute atomic E-state index is 12.3. The second-order valence-corrected chi connectivity index (χ2v) is 6.89. The van der Waals surface area contributed by atoms with Gasteiger partial charge in [-0.3, -0.25) is 0 Å². The van der Waals surface area contributed by atoms with E-state index in [9.17, 15) is 4.79 Å². The fraction of sp³-hybridized carbons (Fsp3) is 0.611. The Morgan fingerprint density at radius 3 is 2.95 bits per heavy atom. The molecule has 0 radical (unpaired) electrons. The summed E-state index contributed by atoms with van der Waals surface area (Å²) in [7, 11) is 0. The fourth-order valence-corrected chi connectivity index (χ4v) is 3.64. The van der Waals surface area contributed by atoms with Crippen molar-refractivity contribution in [3.63, 3.8) is 0 Å². The predicted octanol–water partition coefficient (Wildman–Crippen LogP) is 2.95. The van der Waals surface area contributed by atoms with E-state index in [1.54, 1.807) is 0 Å². The van der Waals surface area contributed by atoms with E-state index in [0.717, 1.165) is 26.1 Å². The molecule has 4 atom stereocenters. The van der Waals surface area contributed by atoms with E-state index in [1.807, 2.05) is 0 Å². The molecule has 0 bridgehead atoms. The van der Waals surface area contributed by atoms with Gasteiger partial charge in [0.15, 0.2) is 0 Å². The van der Waals surface area contributed by atoms with Crippen LogP contribution in [-0.2, 0) is 11.2 Å². The Morgan fingerprint density at radius 1 is 1.41 bits per heavy atom. The third-order valence-electron chi connectivity index (χ3n) is 5.06. The van der Waals surface area contributed by atoms with Crippen LogP contribution < -0.4 is 10.6 Å². The molecule has 0 spiro atoms. The fourth-order valence-electron chi connectivity index (χ4n) is 3.64. The molecule has 2 N–H and O–H groups in total. The molecule has 1 aliphatic carbocycles. The number of urea groups is 1. The summed E-state index contributed by atoms with van der Waals surface area (Å²) in [5.74, 6) is 0.869. The highest BCUT2D eigenvalue weighted by molar-refractivity contribution is 5.75. The maximum atomic E-state index is 12.3. The van der Waals surface area contributed by atoms with Crippen molar-refractivity contribution in [2.75, 3.05) is 13.2 Å². The molecule has 4 nitrogen and oxygen atoms in total. The lowest BCUT2D eigenvalue weighted by atomic mass is 10.0. The highest BCUT2D eigenvalue weighted by Gasteiger charge is 2.31. The second kappa shape index (κ2) is 6.29. The minimum Gasteiger partial charge on any atom is -0.381 e. The number of benzene rings is 1. The van der Waals surface area contributed by atoms with E-state index in [1.165, 1.54) is 16.7 Å². The van der Waals surface area contributed by atoms with Crippen molar-refractivity contribution in [2.45, 2.75) is 45.7 Å². The topological polar surface area (TPSA) is 50.4 Å². The number of hydrogen-bond acceptors (Lipinski definition) is 2. The molecule has 22 heavy (non-hydrogen) atoms. The van der Waals surface area contributed by atoms with Gasteiger partial charge in [0.2, 0.25) is 0 Å². The molecule has 1 aliphatic heterocycles. The lowest BCUT2D eigenvalue weighted by Gasteiger charge is -2.23. The van der Waals surface area contributed by atoms with Crippen LogP contribution in [0.4, 0.5) is 4.79 Å². The number of carbonyl (C=O) groups is 1. The summed E-state index contributed by atoms with van der Waals surface area (Å²) in [5, 5.41) is 6.26. The first-order chi connectivity index (χ1) is 10.5. The van der Waals surface area contributed by atoms with E-state index in [4.69, 9.17) is 4.74 Å². The maximum Gasteiger partial charge on any atom is 0.315 e. The summed E-state index contributed by atoms with van der Waals surface area (Å²) >= 11 is 0. The summed E-state index contributed by atoms with van der Waals surface area (Å²) in [4.78, 5) is 12.3. The first-order valence-corrected chi connectivity index (χ1v) is 8.29. The summed E-state index contributed by atoms with van der Waals surface area (Å²) in [6.45, 7) is 7.93. The number of aryl methyl sites for hydroxylation is 1. The highest BCUT2D eigenvalue weighted by Crippen LogP contribution is 2.36. The molecule has 2 amide bonds. The van der Waals surface area contributed by atoms with Crippen LogP contribution in [0.15, 0.2) is 18.2 Å². The average molecular weight is 302 g/mol. The first kappa shape index (κ1) is 15.3. The largest absolute Gasteiger partial charge is 0.381 e. The van der Waals surface area contributed by atoms with Gasteiger partial charge in [-0.05, 0) is 43.7 Å². The summed E-state index contributed by atoms with van der Waals surface area (Å²) < 4.78 is 5.40. The van der Waals surface area contributed by atoms with Crippen LogP contribution in [0.1, 0.15) is 43.0 Å². The molecule has 1 aromatic rings. The van der Waals surface area contributed by atoms with Crippen molar-refractivity contribution >= 4 is 6.03 Å². The van der Waals surface area contributed by atoms with E-state index in [2.05, 4.69) is 49.6 Å². The molecule has 0 aromatic heterocycles. The van der Waals surface area contributed by atoms with Gasteiger partial charge in [0.05, 0.1) is 12.6 Å². The number of fused-ring (bicyclic) bond motifs is 1. The minimum atomic E-state index is -0.0643. The van der Waals surface area contributed by atoms with Crippen LogP contribution in [0.5, 0.6) is 0 Å². The SMILES string of the molecule is Cc1ccc2c(c1)[C@H](NC(=O)N[C@H](C)[C@H]1CCOC1)[C@@H](C)C2. The van der Waals surface area contributed by atoms with Crippen molar-refractivity contribution in [2.24, 2.45) is 11.8 Å². The Morgan fingerprint density at radius 2 is 2.23 bits per heavy atom. The van der Waals surface area contributed by atoms with Crippen molar-refractivity contribution in [1.82, 2.24) is 10.6 Å². The van der Waals surface area contributed by atoms with Gasteiger partial charge in [-0.15, -0.1) is 0 Å². The molecular formula is C18H26N2O2. The monoisotopic (exact) mass is 302 g/mol. The summed E-state index contributed by atoms with van der Waals surface area (Å²) in [6, 6.07) is 6.75. The van der Waals surface area contributed by atoms with Gasteiger partial charge >= 0.3 is 6.03 Å². The number of amides is 2. The number of hydrogen-bond donors (Lipinski definition) is 2. The molecule has 0 unspecified atom stereocenters. The smallest absolute Gasteiger partial charge is 0.315 e. The number of nitrogens with one attached hydrogen (secondary N) is 2.